The molecule has 2 aromatic heterocycles. The third kappa shape index (κ3) is 7.07. The van der Waals surface area contributed by atoms with E-state index in [-0.39, 0.29) is 31.0 Å². The molecule has 2 amide bonds. The Morgan fingerprint density at radius 3 is 2.26 bits per heavy atom. The van der Waals surface area contributed by atoms with Crippen LogP contribution in [-0.2, 0) is 31.9 Å². The number of methoxy groups -OCH3 is 1. The fraction of sp³-hybridized carbons (Fsp3) is 0.267. The first kappa shape index (κ1) is 30.5. The Bertz CT molecular complexity index is 1630. The molecule has 0 radical (unpaired) electrons. The quantitative estimate of drug-likeness (QED) is 0.178. The van der Waals surface area contributed by atoms with Crippen molar-refractivity contribution in [1.82, 2.24) is 15.0 Å². The summed E-state index contributed by atoms with van der Waals surface area (Å²) in [5.41, 5.74) is 20.4. The first-order valence-corrected chi connectivity index (χ1v) is 13.6. The third-order valence-corrected chi connectivity index (χ3v) is 6.87. The van der Waals surface area contributed by atoms with E-state index in [1.54, 1.807) is 19.1 Å². The van der Waals surface area contributed by atoms with Crippen LogP contribution < -0.4 is 22.1 Å². The SMILES string of the molecule is CCOC(=O)c1ccc(N(C(=O)c2ccc(CCc3c[nH]c4nc(N)nc(N)c34)cc2)[C@@H](CCC(N)=O)C(=O)OC)cc1. The minimum absolute atomic E-state index is 0.0609. The number of ether oxygens (including phenoxy) is 2. The lowest BCUT2D eigenvalue weighted by molar-refractivity contribution is -0.142. The van der Waals surface area contributed by atoms with Crippen molar-refractivity contribution >= 4 is 52.2 Å². The van der Waals surface area contributed by atoms with Crippen LogP contribution in [0.15, 0.2) is 54.7 Å². The van der Waals surface area contributed by atoms with Crippen LogP contribution in [0.2, 0.25) is 0 Å². The summed E-state index contributed by atoms with van der Waals surface area (Å²) in [6, 6.07) is 11.9. The number of aromatic amines is 1. The van der Waals surface area contributed by atoms with Gasteiger partial charge in [-0.1, -0.05) is 12.1 Å². The summed E-state index contributed by atoms with van der Waals surface area (Å²) in [6.45, 7) is 1.90. The number of benzene rings is 2. The van der Waals surface area contributed by atoms with Crippen LogP contribution in [0.4, 0.5) is 17.5 Å². The Balaban J connectivity index is 1.60. The fourth-order valence-electron chi connectivity index (χ4n) is 4.75. The van der Waals surface area contributed by atoms with Crippen LogP contribution in [0, 0.1) is 0 Å². The second-order valence-electron chi connectivity index (χ2n) is 9.69. The zero-order valence-electron chi connectivity index (χ0n) is 23.8. The molecule has 0 unspecified atom stereocenters. The van der Waals surface area contributed by atoms with Gasteiger partial charge in [-0.15, -0.1) is 0 Å². The number of nitrogens with two attached hydrogens (primary N) is 3. The van der Waals surface area contributed by atoms with Crippen molar-refractivity contribution in [3.05, 3.63) is 77.0 Å². The lowest BCUT2D eigenvalue weighted by atomic mass is 10.0. The Kier molecular flexibility index (Phi) is 9.55. The molecule has 0 spiro atoms. The summed E-state index contributed by atoms with van der Waals surface area (Å²) in [7, 11) is 1.20. The van der Waals surface area contributed by atoms with E-state index in [0.29, 0.717) is 35.6 Å². The standard InChI is InChI=1S/C30H33N7O6/c1-3-43-28(40)19-10-12-21(13-11-19)37(22(29(41)42-2)14-15-23(31)38)27(39)18-7-4-17(5-8-18)6-9-20-16-34-26-24(20)25(32)35-30(33)36-26/h4-5,7-8,10-13,16,22H,3,6,9,14-15H2,1-2H3,(H2,31,38)(H5,32,33,34,35,36)/t22-/m0/s1. The van der Waals surface area contributed by atoms with Crippen molar-refractivity contribution < 1.29 is 28.7 Å². The second-order valence-corrected chi connectivity index (χ2v) is 9.69. The number of nitrogens with one attached hydrogen (secondary N) is 1. The van der Waals surface area contributed by atoms with Crippen molar-refractivity contribution in [1.29, 1.82) is 0 Å². The van der Waals surface area contributed by atoms with E-state index in [4.69, 9.17) is 26.7 Å². The van der Waals surface area contributed by atoms with Crippen LogP contribution in [0.25, 0.3) is 11.0 Å². The number of primary amides is 1. The predicted octanol–water partition coefficient (Wildman–Crippen LogP) is 2.54. The monoisotopic (exact) mass is 587 g/mol. The number of carbonyl (C=O) groups excluding carboxylic acids is 4. The average Bonchev–Trinajstić information content (AvgIpc) is 3.41. The van der Waals surface area contributed by atoms with Gasteiger partial charge in [0.2, 0.25) is 11.9 Å². The molecule has 0 bridgehead atoms. The fourth-order valence-corrected chi connectivity index (χ4v) is 4.75. The van der Waals surface area contributed by atoms with Gasteiger partial charge in [-0.25, -0.2) is 9.59 Å². The summed E-state index contributed by atoms with van der Waals surface area (Å²) >= 11 is 0. The number of nitrogens with zero attached hydrogens (tertiary/aromatic N) is 3. The number of fused-ring (bicyclic) bond motifs is 1. The van der Waals surface area contributed by atoms with Gasteiger partial charge in [0.05, 0.1) is 24.7 Å². The van der Waals surface area contributed by atoms with Gasteiger partial charge in [0, 0.05) is 23.9 Å². The van der Waals surface area contributed by atoms with Crippen molar-refractivity contribution in [3.8, 4) is 0 Å². The largest absolute Gasteiger partial charge is 0.467 e. The molecule has 0 fully saturated rings. The van der Waals surface area contributed by atoms with Gasteiger partial charge in [0.15, 0.2) is 0 Å². The number of nitrogen functional groups attached to an aromatic ring is 2. The molecule has 13 nitrogen and oxygen atoms in total. The molecule has 224 valence electrons. The third-order valence-electron chi connectivity index (χ3n) is 6.87. The Morgan fingerprint density at radius 1 is 0.953 bits per heavy atom. The first-order chi connectivity index (χ1) is 20.6. The molecule has 4 aromatic rings. The van der Waals surface area contributed by atoms with E-state index in [1.807, 2.05) is 18.3 Å². The Hall–Kier alpha value is -5.46. The number of rotatable bonds is 12. The van der Waals surface area contributed by atoms with Crippen LogP contribution in [-0.4, -0.2) is 58.5 Å². The number of carbonyl (C=O) groups is 4. The lowest BCUT2D eigenvalue weighted by Crippen LogP contribution is -2.46. The van der Waals surface area contributed by atoms with Gasteiger partial charge in [0.1, 0.15) is 17.5 Å². The minimum Gasteiger partial charge on any atom is -0.467 e. The van der Waals surface area contributed by atoms with Crippen LogP contribution >= 0.6 is 0 Å². The molecule has 0 aliphatic carbocycles. The van der Waals surface area contributed by atoms with E-state index in [9.17, 15) is 19.2 Å². The van der Waals surface area contributed by atoms with E-state index < -0.39 is 29.8 Å². The van der Waals surface area contributed by atoms with Crippen molar-refractivity contribution in [2.45, 2.75) is 38.6 Å². The van der Waals surface area contributed by atoms with Crippen LogP contribution in [0.5, 0.6) is 0 Å². The molecule has 0 aliphatic heterocycles. The summed E-state index contributed by atoms with van der Waals surface area (Å²) in [4.78, 5) is 63.0. The average molecular weight is 588 g/mol. The number of aromatic nitrogens is 3. The van der Waals surface area contributed by atoms with Crippen molar-refractivity contribution in [3.63, 3.8) is 0 Å². The smallest absolute Gasteiger partial charge is 0.338 e. The van der Waals surface area contributed by atoms with Gasteiger partial charge in [-0.05, 0) is 73.7 Å². The van der Waals surface area contributed by atoms with E-state index in [2.05, 4.69) is 15.0 Å². The maximum atomic E-state index is 13.9. The second kappa shape index (κ2) is 13.5. The van der Waals surface area contributed by atoms with Gasteiger partial charge in [0.25, 0.3) is 5.91 Å². The highest BCUT2D eigenvalue weighted by Crippen LogP contribution is 2.26. The summed E-state index contributed by atoms with van der Waals surface area (Å²) in [5, 5.41) is 0.718. The zero-order valence-corrected chi connectivity index (χ0v) is 23.8. The van der Waals surface area contributed by atoms with E-state index in [0.717, 1.165) is 16.5 Å². The molecule has 2 aromatic carbocycles. The molecule has 0 saturated carbocycles. The molecule has 0 aliphatic rings. The number of hydrogen-bond donors (Lipinski definition) is 4. The lowest BCUT2D eigenvalue weighted by Gasteiger charge is -2.30. The van der Waals surface area contributed by atoms with E-state index >= 15 is 0 Å². The topological polar surface area (TPSA) is 210 Å². The Morgan fingerprint density at radius 2 is 1.63 bits per heavy atom. The number of aryl methyl sites for hydroxylation is 2. The number of amides is 2. The van der Waals surface area contributed by atoms with E-state index in [1.165, 1.54) is 36.3 Å². The maximum Gasteiger partial charge on any atom is 0.338 e. The molecule has 4 rings (SSSR count). The number of H-pyrrole nitrogens is 1. The molecular formula is C30H33N7O6. The number of anilines is 3. The molecule has 2 heterocycles. The molecule has 43 heavy (non-hydrogen) atoms. The van der Waals surface area contributed by atoms with Crippen molar-refractivity contribution in [2.24, 2.45) is 5.73 Å². The summed E-state index contributed by atoms with van der Waals surface area (Å²) < 4.78 is 10.0. The van der Waals surface area contributed by atoms with Crippen LogP contribution in [0.1, 0.15) is 51.6 Å². The normalized spacial score (nSPS) is 11.6. The highest BCUT2D eigenvalue weighted by Gasteiger charge is 2.33. The number of hydrogen-bond acceptors (Lipinski definition) is 10. The molecular weight excluding hydrogens is 554 g/mol. The minimum atomic E-state index is -1.15. The zero-order chi connectivity index (χ0) is 31.1. The van der Waals surface area contributed by atoms with Gasteiger partial charge in [-0.3, -0.25) is 14.5 Å². The number of esters is 2. The predicted molar refractivity (Wildman–Crippen MR) is 160 cm³/mol. The molecule has 7 N–H and O–H groups in total. The van der Waals surface area contributed by atoms with Gasteiger partial charge >= 0.3 is 11.9 Å². The van der Waals surface area contributed by atoms with Gasteiger partial charge in [-0.2, -0.15) is 9.97 Å². The van der Waals surface area contributed by atoms with Crippen molar-refractivity contribution in [2.75, 3.05) is 30.1 Å². The molecule has 0 saturated heterocycles. The Labute approximate surface area is 247 Å². The highest BCUT2D eigenvalue weighted by atomic mass is 16.5. The summed E-state index contributed by atoms with van der Waals surface area (Å²) in [5.74, 6) is -1.99. The molecule has 1 atom stereocenters. The highest BCUT2D eigenvalue weighted by molar-refractivity contribution is 6.09. The maximum absolute atomic E-state index is 13.9. The van der Waals surface area contributed by atoms with Gasteiger partial charge < -0.3 is 31.7 Å². The molecule has 13 heteroatoms. The first-order valence-electron chi connectivity index (χ1n) is 13.6. The van der Waals surface area contributed by atoms with Crippen LogP contribution in [0.3, 0.4) is 0 Å². The summed E-state index contributed by atoms with van der Waals surface area (Å²) in [6.07, 6.45) is 2.86.